The lowest BCUT2D eigenvalue weighted by Crippen LogP contribution is -2.24. The van der Waals surface area contributed by atoms with Crippen LogP contribution in [0.2, 0.25) is 0 Å². The van der Waals surface area contributed by atoms with E-state index in [0.717, 1.165) is 0 Å². The lowest BCUT2D eigenvalue weighted by Gasteiger charge is -2.12. The first-order valence-electron chi connectivity index (χ1n) is 10.7. The minimum Gasteiger partial charge on any atom is -0.493 e. The summed E-state index contributed by atoms with van der Waals surface area (Å²) < 4.78 is 26.0. The first kappa shape index (κ1) is 27.2. The molecule has 190 valence electrons. The molecule has 0 saturated heterocycles. The molecule has 0 unspecified atom stereocenters. The van der Waals surface area contributed by atoms with Crippen LogP contribution in [-0.2, 0) is 14.3 Å². The van der Waals surface area contributed by atoms with Gasteiger partial charge in [0.25, 0.3) is 5.91 Å². The summed E-state index contributed by atoms with van der Waals surface area (Å²) in [5.41, 5.74) is 0.440. The Bertz CT molecular complexity index is 1040. The number of esters is 1. The Morgan fingerprint density at radius 3 is 2.29 bits per heavy atom. The molecule has 2 aromatic rings. The molecule has 0 radical (unpaired) electrons. The number of imidazole rings is 1. The van der Waals surface area contributed by atoms with E-state index in [4.69, 9.17) is 23.7 Å². The van der Waals surface area contributed by atoms with E-state index in [9.17, 15) is 14.4 Å². The molecule has 0 fully saturated rings. The van der Waals surface area contributed by atoms with Gasteiger partial charge in [-0.05, 0) is 30.7 Å². The molecule has 35 heavy (non-hydrogen) atoms. The Morgan fingerprint density at radius 2 is 1.71 bits per heavy atom. The fourth-order valence-electron chi connectivity index (χ4n) is 2.93. The maximum Gasteiger partial charge on any atom is 0.358 e. The molecule has 2 amide bonds. The first-order valence-corrected chi connectivity index (χ1v) is 10.7. The number of hydrogen-bond donors (Lipinski definition) is 3. The third-order valence-corrected chi connectivity index (χ3v) is 4.54. The van der Waals surface area contributed by atoms with Crippen molar-refractivity contribution in [1.29, 1.82) is 0 Å². The average molecular weight is 491 g/mol. The molecular weight excluding hydrogens is 460 g/mol. The summed E-state index contributed by atoms with van der Waals surface area (Å²) in [6, 6.07) is 3.32. The second-order valence-corrected chi connectivity index (χ2v) is 6.93. The number of nitrogens with one attached hydrogen (secondary N) is 3. The second kappa shape index (κ2) is 13.6. The minimum absolute atomic E-state index is 0.0939. The molecule has 0 aliphatic rings. The number of carbonyl (C=O) groups is 3. The maximum absolute atomic E-state index is 12.6. The zero-order valence-electron chi connectivity index (χ0n) is 20.4. The summed E-state index contributed by atoms with van der Waals surface area (Å²) in [6.07, 6.45) is 3.23. The Morgan fingerprint density at radius 1 is 1.03 bits per heavy atom. The molecule has 1 aromatic heterocycles. The van der Waals surface area contributed by atoms with E-state index in [0.29, 0.717) is 42.4 Å². The molecule has 3 N–H and O–H groups in total. The molecule has 0 spiro atoms. The molecule has 0 saturated carbocycles. The van der Waals surface area contributed by atoms with Crippen LogP contribution in [0.4, 0.5) is 5.82 Å². The molecule has 2 rings (SSSR count). The number of aromatic amines is 1. The molecule has 0 aliphatic carbocycles. The fraction of sp³-hybridized carbons (Fsp3) is 0.391. The minimum atomic E-state index is -0.770. The number of nitrogens with zero attached hydrogens (tertiary/aromatic N) is 1. The maximum atomic E-state index is 12.6. The van der Waals surface area contributed by atoms with Gasteiger partial charge in [0.2, 0.25) is 11.7 Å². The van der Waals surface area contributed by atoms with Gasteiger partial charge in [0, 0.05) is 32.8 Å². The van der Waals surface area contributed by atoms with Crippen molar-refractivity contribution in [2.24, 2.45) is 0 Å². The van der Waals surface area contributed by atoms with Crippen molar-refractivity contribution in [2.45, 2.75) is 13.3 Å². The van der Waals surface area contributed by atoms with Crippen LogP contribution in [0.3, 0.4) is 0 Å². The predicted molar refractivity (Wildman–Crippen MR) is 127 cm³/mol. The molecule has 12 nitrogen and oxygen atoms in total. The third kappa shape index (κ3) is 7.47. The number of hydrogen-bond acceptors (Lipinski definition) is 9. The summed E-state index contributed by atoms with van der Waals surface area (Å²) in [4.78, 5) is 43.9. The summed E-state index contributed by atoms with van der Waals surface area (Å²) in [7, 11) is 5.99. The van der Waals surface area contributed by atoms with E-state index >= 15 is 0 Å². The van der Waals surface area contributed by atoms with Crippen LogP contribution in [0.25, 0.3) is 6.08 Å². The Hall–Kier alpha value is -4.06. The Balaban J connectivity index is 2.24. The van der Waals surface area contributed by atoms with E-state index in [1.807, 2.05) is 0 Å². The standard InChI is InChI=1S/C23H30N4O8/c1-6-24-22(29)21-26-18(23(30)35-11-7-10-31-2)20(27-21)25-17(28)9-8-14-12-15(32-3)19(34-5)16(13-14)33-4/h8-9,12-13H,6-7,10-11H2,1-5H3,(H,24,29)(H,25,28)(H,26,27)/b9-8+. The topological polar surface area (TPSA) is 150 Å². The van der Waals surface area contributed by atoms with Crippen LogP contribution < -0.4 is 24.8 Å². The molecule has 12 heteroatoms. The zero-order valence-corrected chi connectivity index (χ0v) is 20.4. The number of amides is 2. The normalized spacial score (nSPS) is 10.7. The molecule has 1 heterocycles. The quantitative estimate of drug-likeness (QED) is 0.218. The van der Waals surface area contributed by atoms with Crippen molar-refractivity contribution in [3.63, 3.8) is 0 Å². The molecule has 0 aliphatic heterocycles. The van der Waals surface area contributed by atoms with Crippen LogP contribution in [0.5, 0.6) is 17.2 Å². The van der Waals surface area contributed by atoms with Gasteiger partial charge in [-0.1, -0.05) is 0 Å². The van der Waals surface area contributed by atoms with Crippen LogP contribution >= 0.6 is 0 Å². The SMILES string of the molecule is CCNC(=O)c1nc(NC(=O)/C=C/c2cc(OC)c(OC)c(OC)c2)c(C(=O)OCCCOC)[nH]1. The third-order valence-electron chi connectivity index (χ3n) is 4.54. The first-order chi connectivity index (χ1) is 16.9. The van der Waals surface area contributed by atoms with Gasteiger partial charge in [-0.15, -0.1) is 0 Å². The van der Waals surface area contributed by atoms with Crippen LogP contribution in [0.1, 0.15) is 40.0 Å². The van der Waals surface area contributed by atoms with Crippen molar-refractivity contribution in [3.8, 4) is 17.2 Å². The second-order valence-electron chi connectivity index (χ2n) is 6.93. The summed E-state index contributed by atoms with van der Waals surface area (Å²) >= 11 is 0. The molecule has 0 bridgehead atoms. The van der Waals surface area contributed by atoms with Gasteiger partial charge in [-0.25, -0.2) is 9.78 Å². The lowest BCUT2D eigenvalue weighted by molar-refractivity contribution is -0.111. The lowest BCUT2D eigenvalue weighted by atomic mass is 10.1. The highest BCUT2D eigenvalue weighted by Crippen LogP contribution is 2.38. The molecular formula is C23H30N4O8. The number of H-pyrrole nitrogens is 1. The fourth-order valence-corrected chi connectivity index (χ4v) is 2.93. The van der Waals surface area contributed by atoms with E-state index in [2.05, 4.69) is 20.6 Å². The van der Waals surface area contributed by atoms with Crippen molar-refractivity contribution in [2.75, 3.05) is 53.5 Å². The van der Waals surface area contributed by atoms with Gasteiger partial charge in [-0.2, -0.15) is 0 Å². The number of aromatic nitrogens is 2. The van der Waals surface area contributed by atoms with Gasteiger partial charge in [0.05, 0.1) is 27.9 Å². The smallest absolute Gasteiger partial charge is 0.358 e. The Kier molecular flexibility index (Phi) is 10.6. The van der Waals surface area contributed by atoms with Crippen molar-refractivity contribution < 1.29 is 38.1 Å². The van der Waals surface area contributed by atoms with Crippen molar-refractivity contribution >= 4 is 29.7 Å². The van der Waals surface area contributed by atoms with E-state index < -0.39 is 17.8 Å². The van der Waals surface area contributed by atoms with Crippen LogP contribution in [-0.4, -0.2) is 75.9 Å². The van der Waals surface area contributed by atoms with Crippen molar-refractivity contribution in [1.82, 2.24) is 15.3 Å². The van der Waals surface area contributed by atoms with Gasteiger partial charge >= 0.3 is 5.97 Å². The number of ether oxygens (including phenoxy) is 5. The number of methoxy groups -OCH3 is 4. The molecule has 1 aromatic carbocycles. The van der Waals surface area contributed by atoms with Gasteiger partial charge < -0.3 is 39.3 Å². The number of anilines is 1. The summed E-state index contributed by atoms with van der Waals surface area (Å²) in [6.45, 7) is 2.60. The largest absolute Gasteiger partial charge is 0.493 e. The number of rotatable bonds is 13. The van der Waals surface area contributed by atoms with Crippen LogP contribution in [0.15, 0.2) is 18.2 Å². The van der Waals surface area contributed by atoms with Gasteiger partial charge in [0.15, 0.2) is 28.8 Å². The Labute approximate surface area is 202 Å². The highest BCUT2D eigenvalue weighted by Gasteiger charge is 2.23. The number of carbonyl (C=O) groups excluding carboxylic acids is 3. The summed E-state index contributed by atoms with van der Waals surface area (Å²) in [5.74, 6) is -0.918. The van der Waals surface area contributed by atoms with E-state index in [1.54, 1.807) is 19.1 Å². The highest BCUT2D eigenvalue weighted by molar-refractivity contribution is 6.06. The van der Waals surface area contributed by atoms with E-state index in [-0.39, 0.29) is 23.9 Å². The van der Waals surface area contributed by atoms with Gasteiger partial charge in [-0.3, -0.25) is 9.59 Å². The zero-order chi connectivity index (χ0) is 25.8. The highest BCUT2D eigenvalue weighted by atomic mass is 16.5. The predicted octanol–water partition coefficient (Wildman–Crippen LogP) is 2.03. The number of benzene rings is 1. The van der Waals surface area contributed by atoms with E-state index in [1.165, 1.54) is 40.6 Å². The van der Waals surface area contributed by atoms with Gasteiger partial charge in [0.1, 0.15) is 0 Å². The average Bonchev–Trinajstić information content (AvgIpc) is 3.28. The summed E-state index contributed by atoms with van der Waals surface area (Å²) in [5, 5.41) is 5.07. The van der Waals surface area contributed by atoms with Crippen LogP contribution in [0, 0.1) is 0 Å². The van der Waals surface area contributed by atoms with Crippen molar-refractivity contribution in [3.05, 3.63) is 35.3 Å². The monoisotopic (exact) mass is 490 g/mol. The molecule has 0 atom stereocenters.